The summed E-state index contributed by atoms with van der Waals surface area (Å²) < 4.78 is 10.7. The minimum Gasteiger partial charge on any atom is -0.489 e. The van der Waals surface area contributed by atoms with Crippen LogP contribution in [0.2, 0.25) is 5.02 Å². The van der Waals surface area contributed by atoms with Crippen molar-refractivity contribution in [2.75, 3.05) is 13.2 Å². The molecule has 0 fully saturated rings. The lowest BCUT2D eigenvalue weighted by atomic mass is 10.1. The molecular weight excluding hydrogens is 300 g/mol. The van der Waals surface area contributed by atoms with Gasteiger partial charge in [0.15, 0.2) is 0 Å². The van der Waals surface area contributed by atoms with Gasteiger partial charge in [0.2, 0.25) is 0 Å². The second-order valence-corrected chi connectivity index (χ2v) is 4.97. The summed E-state index contributed by atoms with van der Waals surface area (Å²) in [5.74, 6) is 0.316. The predicted molar refractivity (Wildman–Crippen MR) is 88.0 cm³/mol. The maximum atomic E-state index is 11.7. The van der Waals surface area contributed by atoms with E-state index in [-0.39, 0.29) is 12.6 Å². The molecule has 0 saturated heterocycles. The molecule has 0 aromatic heterocycles. The van der Waals surface area contributed by atoms with E-state index >= 15 is 0 Å². The third-order valence-electron chi connectivity index (χ3n) is 2.93. The van der Waals surface area contributed by atoms with Crippen LogP contribution in [0.4, 0.5) is 0 Å². The molecule has 0 atom stereocenters. The van der Waals surface area contributed by atoms with Crippen LogP contribution in [0.15, 0.2) is 60.7 Å². The van der Waals surface area contributed by atoms with Gasteiger partial charge in [-0.1, -0.05) is 41.9 Å². The summed E-state index contributed by atoms with van der Waals surface area (Å²) in [6.07, 6.45) is 1.47. The third kappa shape index (κ3) is 4.93. The minimum atomic E-state index is -0.374. The molecule has 4 heteroatoms. The molecule has 0 amide bonds. The number of carbonyl (C=O) groups excluding carboxylic acids is 1. The van der Waals surface area contributed by atoms with Gasteiger partial charge in [0, 0.05) is 16.7 Å². The van der Waals surface area contributed by atoms with Crippen molar-refractivity contribution in [2.24, 2.45) is 0 Å². The van der Waals surface area contributed by atoms with Gasteiger partial charge in [0.25, 0.3) is 0 Å². The molecule has 0 radical (unpaired) electrons. The molecule has 2 rings (SSSR count). The van der Waals surface area contributed by atoms with E-state index in [4.69, 9.17) is 21.1 Å². The molecule has 2 aromatic rings. The predicted octanol–water partition coefficient (Wildman–Crippen LogP) is 4.37. The summed E-state index contributed by atoms with van der Waals surface area (Å²) in [4.78, 5) is 11.7. The van der Waals surface area contributed by atoms with Crippen molar-refractivity contribution in [3.8, 4) is 5.75 Å². The van der Waals surface area contributed by atoms with E-state index in [1.807, 2.05) is 30.3 Å². The summed E-state index contributed by atoms with van der Waals surface area (Å²) in [7, 11) is 0. The molecule has 22 heavy (non-hydrogen) atoms. The molecule has 0 bridgehead atoms. The topological polar surface area (TPSA) is 35.5 Å². The number of esters is 1. The van der Waals surface area contributed by atoms with Crippen molar-refractivity contribution in [2.45, 2.75) is 6.92 Å². The Morgan fingerprint density at radius 1 is 1.09 bits per heavy atom. The second kappa shape index (κ2) is 8.25. The Kier molecular flexibility index (Phi) is 6.04. The second-order valence-electron chi connectivity index (χ2n) is 4.53. The van der Waals surface area contributed by atoms with E-state index in [0.29, 0.717) is 17.4 Å². The van der Waals surface area contributed by atoms with Gasteiger partial charge in [0.05, 0.1) is 6.61 Å². The first-order valence-corrected chi connectivity index (χ1v) is 7.38. The number of benzene rings is 2. The van der Waals surface area contributed by atoms with E-state index in [9.17, 15) is 4.79 Å². The smallest absolute Gasteiger partial charge is 0.331 e. The molecule has 2 aromatic carbocycles. The highest BCUT2D eigenvalue weighted by molar-refractivity contribution is 6.30. The van der Waals surface area contributed by atoms with Gasteiger partial charge < -0.3 is 9.47 Å². The summed E-state index contributed by atoms with van der Waals surface area (Å²) in [6.45, 7) is 2.39. The van der Waals surface area contributed by atoms with Gasteiger partial charge in [-0.3, -0.25) is 0 Å². The van der Waals surface area contributed by atoms with E-state index in [1.54, 1.807) is 31.2 Å². The van der Waals surface area contributed by atoms with E-state index in [1.165, 1.54) is 6.08 Å². The van der Waals surface area contributed by atoms with Gasteiger partial charge in [-0.2, -0.15) is 0 Å². The molecule has 3 nitrogen and oxygen atoms in total. The highest BCUT2D eigenvalue weighted by atomic mass is 35.5. The van der Waals surface area contributed by atoms with Gasteiger partial charge >= 0.3 is 5.97 Å². The lowest BCUT2D eigenvalue weighted by Gasteiger charge is -2.10. The van der Waals surface area contributed by atoms with Crippen LogP contribution in [0.5, 0.6) is 5.75 Å². The fourth-order valence-electron chi connectivity index (χ4n) is 1.88. The zero-order chi connectivity index (χ0) is 15.8. The first kappa shape index (κ1) is 16.1. The zero-order valence-corrected chi connectivity index (χ0v) is 13.0. The van der Waals surface area contributed by atoms with E-state index in [0.717, 1.165) is 11.1 Å². The Balaban J connectivity index is 2.14. The van der Waals surface area contributed by atoms with Gasteiger partial charge in [-0.25, -0.2) is 4.79 Å². The summed E-state index contributed by atoms with van der Waals surface area (Å²) in [6, 6.07) is 16.7. The largest absolute Gasteiger partial charge is 0.489 e. The van der Waals surface area contributed by atoms with E-state index in [2.05, 4.69) is 0 Å². The van der Waals surface area contributed by atoms with Crippen LogP contribution in [0.3, 0.4) is 0 Å². The van der Waals surface area contributed by atoms with Crippen LogP contribution < -0.4 is 4.74 Å². The Bertz CT molecular complexity index is 633. The van der Waals surface area contributed by atoms with Gasteiger partial charge in [-0.05, 0) is 36.8 Å². The maximum Gasteiger partial charge on any atom is 0.331 e. The molecule has 0 heterocycles. The summed E-state index contributed by atoms with van der Waals surface area (Å²) >= 11 is 5.85. The van der Waals surface area contributed by atoms with Crippen molar-refractivity contribution in [1.82, 2.24) is 0 Å². The molecule has 0 aliphatic carbocycles. The molecule has 0 aliphatic rings. The van der Waals surface area contributed by atoms with Crippen LogP contribution in [0, 0.1) is 0 Å². The van der Waals surface area contributed by atoms with Crippen molar-refractivity contribution in [3.63, 3.8) is 0 Å². The molecule has 0 N–H and O–H groups in total. The van der Waals surface area contributed by atoms with Crippen LogP contribution in [0.25, 0.3) is 5.57 Å². The minimum absolute atomic E-state index is 0.268. The van der Waals surface area contributed by atoms with Crippen molar-refractivity contribution >= 4 is 23.1 Å². The standard InChI is InChI=1S/C18H17ClO3/c1-2-21-18(20)12-15(14-6-4-3-5-7-14)13-22-17-10-8-16(19)9-11-17/h3-12H,2,13H2,1H3. The number of halogens is 1. The Hall–Kier alpha value is -2.26. The Morgan fingerprint density at radius 2 is 1.77 bits per heavy atom. The average Bonchev–Trinajstić information content (AvgIpc) is 2.54. The highest BCUT2D eigenvalue weighted by Gasteiger charge is 2.07. The maximum absolute atomic E-state index is 11.7. The van der Waals surface area contributed by atoms with Crippen LogP contribution in [-0.4, -0.2) is 19.2 Å². The fraction of sp³-hybridized carbons (Fsp3) is 0.167. The molecule has 0 spiro atoms. The monoisotopic (exact) mass is 316 g/mol. The van der Waals surface area contributed by atoms with Crippen molar-refractivity contribution in [3.05, 3.63) is 71.3 Å². The number of hydrogen-bond acceptors (Lipinski definition) is 3. The molecule has 114 valence electrons. The Morgan fingerprint density at radius 3 is 2.41 bits per heavy atom. The average molecular weight is 317 g/mol. The lowest BCUT2D eigenvalue weighted by molar-refractivity contribution is -0.137. The quantitative estimate of drug-likeness (QED) is 0.586. The number of hydrogen-bond donors (Lipinski definition) is 0. The normalized spacial score (nSPS) is 11.1. The molecule has 0 saturated carbocycles. The Labute approximate surface area is 135 Å². The third-order valence-corrected chi connectivity index (χ3v) is 3.18. The summed E-state index contributed by atoms with van der Waals surface area (Å²) in [5, 5.41) is 0.651. The van der Waals surface area contributed by atoms with E-state index < -0.39 is 0 Å². The van der Waals surface area contributed by atoms with Crippen LogP contribution in [0.1, 0.15) is 12.5 Å². The lowest BCUT2D eigenvalue weighted by Crippen LogP contribution is -2.06. The first-order valence-electron chi connectivity index (χ1n) is 7.00. The molecule has 0 unspecified atom stereocenters. The summed E-state index contributed by atoms with van der Waals surface area (Å²) in [5.41, 5.74) is 1.68. The fourth-order valence-corrected chi connectivity index (χ4v) is 2.00. The van der Waals surface area contributed by atoms with Gasteiger partial charge in [-0.15, -0.1) is 0 Å². The van der Waals surface area contributed by atoms with Crippen molar-refractivity contribution in [1.29, 1.82) is 0 Å². The first-order chi connectivity index (χ1) is 10.7. The molecule has 0 aliphatic heterocycles. The SMILES string of the molecule is CCOC(=O)C=C(COc1ccc(Cl)cc1)c1ccccc1. The zero-order valence-electron chi connectivity index (χ0n) is 12.3. The number of rotatable bonds is 6. The van der Waals surface area contributed by atoms with Crippen molar-refractivity contribution < 1.29 is 14.3 Å². The number of carbonyl (C=O) groups is 1. The number of ether oxygens (including phenoxy) is 2. The van der Waals surface area contributed by atoms with Crippen LogP contribution >= 0.6 is 11.6 Å². The molecular formula is C18H17ClO3. The van der Waals surface area contributed by atoms with Gasteiger partial charge in [0.1, 0.15) is 12.4 Å². The highest BCUT2D eigenvalue weighted by Crippen LogP contribution is 2.19. The van der Waals surface area contributed by atoms with Crippen LogP contribution in [-0.2, 0) is 9.53 Å².